The van der Waals surface area contributed by atoms with Gasteiger partial charge in [-0.3, -0.25) is 19.2 Å². The van der Waals surface area contributed by atoms with E-state index in [4.69, 9.17) is 0 Å². The highest BCUT2D eigenvalue weighted by molar-refractivity contribution is 6.38. The molecule has 3 fully saturated rings. The Labute approximate surface area is 226 Å². The maximum atomic E-state index is 14.0. The molecule has 38 heavy (non-hydrogen) atoms. The van der Waals surface area contributed by atoms with Gasteiger partial charge in [-0.15, -0.1) is 6.58 Å². The number of nitrogens with one attached hydrogen (secondary N) is 4. The molecule has 212 valence electrons. The van der Waals surface area contributed by atoms with Crippen molar-refractivity contribution in [2.24, 2.45) is 23.2 Å². The van der Waals surface area contributed by atoms with Crippen LogP contribution in [-0.2, 0) is 19.2 Å². The Bertz CT molecular complexity index is 942. The fourth-order valence-electron chi connectivity index (χ4n) is 6.33. The minimum absolute atomic E-state index is 0.0111. The van der Waals surface area contributed by atoms with E-state index in [2.05, 4.69) is 41.7 Å². The van der Waals surface area contributed by atoms with Crippen LogP contribution in [0.5, 0.6) is 0 Å². The number of urea groups is 1. The molecule has 1 unspecified atom stereocenters. The fourth-order valence-corrected chi connectivity index (χ4v) is 6.33. The summed E-state index contributed by atoms with van der Waals surface area (Å²) < 4.78 is 0. The van der Waals surface area contributed by atoms with Crippen LogP contribution in [0.4, 0.5) is 4.79 Å². The van der Waals surface area contributed by atoms with Crippen molar-refractivity contribution < 1.29 is 24.0 Å². The van der Waals surface area contributed by atoms with Gasteiger partial charge >= 0.3 is 6.03 Å². The summed E-state index contributed by atoms with van der Waals surface area (Å²) in [6.45, 7) is 13.9. The van der Waals surface area contributed by atoms with E-state index in [1.54, 1.807) is 4.90 Å². The normalized spacial score (nSPS) is 25.2. The average Bonchev–Trinajstić information content (AvgIpc) is 3.31. The Morgan fingerprint density at radius 2 is 1.71 bits per heavy atom. The van der Waals surface area contributed by atoms with Gasteiger partial charge in [-0.05, 0) is 56.3 Å². The number of fused-ring (bicyclic) bond motifs is 1. The number of carbonyl (C=O) groups is 5. The molecule has 0 aromatic carbocycles. The third kappa shape index (κ3) is 6.38. The van der Waals surface area contributed by atoms with Gasteiger partial charge in [0.25, 0.3) is 5.91 Å². The third-order valence-electron chi connectivity index (χ3n) is 8.44. The first-order valence-electron chi connectivity index (χ1n) is 14.0. The number of amides is 5. The van der Waals surface area contributed by atoms with Crippen LogP contribution in [-0.4, -0.2) is 71.7 Å². The molecule has 1 aliphatic heterocycles. The number of likely N-dealkylation sites (tertiary alicyclic amines) is 1. The van der Waals surface area contributed by atoms with E-state index in [-0.39, 0.29) is 41.7 Å². The van der Waals surface area contributed by atoms with E-state index < -0.39 is 41.8 Å². The van der Waals surface area contributed by atoms with Crippen molar-refractivity contribution in [3.8, 4) is 0 Å². The molecule has 0 radical (unpaired) electrons. The SMILES string of the molecule is C=CCNC(=O)C(=O)C(CCC)NC(=O)[C@@H]1[C@H]2[C@@H](CN1C(=O)[C@@H](NC(=O)NC(C)C)C1CCCC1)C2(C)C. The summed E-state index contributed by atoms with van der Waals surface area (Å²) >= 11 is 0. The monoisotopic (exact) mass is 531 g/mol. The van der Waals surface area contributed by atoms with Crippen LogP contribution in [0, 0.1) is 23.2 Å². The molecule has 0 aromatic rings. The quantitative estimate of drug-likeness (QED) is 0.225. The predicted molar refractivity (Wildman–Crippen MR) is 144 cm³/mol. The standard InChI is InChI=1S/C28H45N5O5/c1-7-11-19(23(34)25(36)29-14-8-2)31-24(35)22-20-18(28(20,5)6)15-33(22)26(37)21(17-12-9-10-13-17)32-27(38)30-16(3)4/h8,16-22H,2,7,9-15H2,1,3-6H3,(H,29,36)(H,31,35)(H2,30,32,38)/t18-,19?,20-,21+,22+/m1/s1. The van der Waals surface area contributed by atoms with Crippen LogP contribution in [0.1, 0.15) is 73.1 Å². The first kappa shape index (κ1) is 29.6. The predicted octanol–water partition coefficient (Wildman–Crippen LogP) is 1.89. The lowest BCUT2D eigenvalue weighted by Gasteiger charge is -2.35. The second kappa shape index (κ2) is 12.3. The van der Waals surface area contributed by atoms with Crippen LogP contribution in [0.25, 0.3) is 0 Å². The van der Waals surface area contributed by atoms with Crippen molar-refractivity contribution in [2.45, 2.75) is 97.3 Å². The second-order valence-electron chi connectivity index (χ2n) is 11.9. The Balaban J connectivity index is 1.81. The summed E-state index contributed by atoms with van der Waals surface area (Å²) in [6.07, 6.45) is 6.06. The molecule has 10 heteroatoms. The minimum Gasteiger partial charge on any atom is -0.346 e. The zero-order valence-electron chi connectivity index (χ0n) is 23.5. The maximum absolute atomic E-state index is 14.0. The zero-order valence-corrected chi connectivity index (χ0v) is 23.5. The zero-order chi connectivity index (χ0) is 28.2. The van der Waals surface area contributed by atoms with Crippen LogP contribution in [0.3, 0.4) is 0 Å². The largest absolute Gasteiger partial charge is 0.346 e. The number of hydrogen-bond donors (Lipinski definition) is 4. The lowest BCUT2D eigenvalue weighted by molar-refractivity contribution is -0.144. The number of hydrogen-bond acceptors (Lipinski definition) is 5. The number of piperidine rings is 1. The number of Topliss-reactive ketones (excluding diaryl/α,β-unsaturated/α-hetero) is 1. The molecule has 5 amide bonds. The van der Waals surface area contributed by atoms with Gasteiger partial charge in [-0.2, -0.15) is 0 Å². The molecule has 4 N–H and O–H groups in total. The summed E-state index contributed by atoms with van der Waals surface area (Å²) in [7, 11) is 0. The van der Waals surface area contributed by atoms with Crippen molar-refractivity contribution in [1.29, 1.82) is 0 Å². The molecule has 0 bridgehead atoms. The average molecular weight is 532 g/mol. The molecule has 5 atom stereocenters. The molecule has 2 aliphatic carbocycles. The molecule has 0 aromatic heterocycles. The smallest absolute Gasteiger partial charge is 0.315 e. The second-order valence-corrected chi connectivity index (χ2v) is 11.9. The van der Waals surface area contributed by atoms with Gasteiger partial charge in [0.2, 0.25) is 17.6 Å². The van der Waals surface area contributed by atoms with Crippen LogP contribution >= 0.6 is 0 Å². The molecule has 2 saturated carbocycles. The molecule has 3 rings (SSSR count). The summed E-state index contributed by atoms with van der Waals surface area (Å²) in [5, 5.41) is 11.0. The van der Waals surface area contributed by atoms with Gasteiger partial charge in [0.15, 0.2) is 0 Å². The van der Waals surface area contributed by atoms with Crippen molar-refractivity contribution in [3.63, 3.8) is 0 Å². The Morgan fingerprint density at radius 1 is 1.05 bits per heavy atom. The lowest BCUT2D eigenvalue weighted by atomic mass is 9.94. The van der Waals surface area contributed by atoms with Crippen LogP contribution in [0.2, 0.25) is 0 Å². The molecular formula is C28H45N5O5. The van der Waals surface area contributed by atoms with E-state index in [1.807, 2.05) is 20.8 Å². The van der Waals surface area contributed by atoms with Crippen LogP contribution in [0.15, 0.2) is 12.7 Å². The molecule has 1 saturated heterocycles. The van der Waals surface area contributed by atoms with E-state index in [0.717, 1.165) is 25.7 Å². The highest BCUT2D eigenvalue weighted by Gasteiger charge is 2.69. The van der Waals surface area contributed by atoms with E-state index in [9.17, 15) is 24.0 Å². The number of rotatable bonds is 12. The third-order valence-corrected chi connectivity index (χ3v) is 8.44. The van der Waals surface area contributed by atoms with Crippen molar-refractivity contribution in [1.82, 2.24) is 26.2 Å². The van der Waals surface area contributed by atoms with E-state index in [0.29, 0.717) is 19.4 Å². The highest BCUT2D eigenvalue weighted by atomic mass is 16.2. The van der Waals surface area contributed by atoms with Gasteiger partial charge < -0.3 is 26.2 Å². The number of carbonyl (C=O) groups excluding carboxylic acids is 5. The van der Waals surface area contributed by atoms with Gasteiger partial charge in [0.1, 0.15) is 12.1 Å². The van der Waals surface area contributed by atoms with Crippen molar-refractivity contribution in [3.05, 3.63) is 12.7 Å². The fraction of sp³-hybridized carbons (Fsp3) is 0.750. The topological polar surface area (TPSA) is 137 Å². The number of ketones is 1. The van der Waals surface area contributed by atoms with Gasteiger partial charge in [-0.25, -0.2) is 4.79 Å². The summed E-state index contributed by atoms with van der Waals surface area (Å²) in [6, 6.07) is -2.93. The maximum Gasteiger partial charge on any atom is 0.315 e. The van der Waals surface area contributed by atoms with E-state index >= 15 is 0 Å². The summed E-state index contributed by atoms with van der Waals surface area (Å²) in [4.78, 5) is 67.1. The van der Waals surface area contributed by atoms with Gasteiger partial charge in [0, 0.05) is 19.1 Å². The Kier molecular flexibility index (Phi) is 9.59. The molecular weight excluding hydrogens is 486 g/mol. The summed E-state index contributed by atoms with van der Waals surface area (Å²) in [5.74, 6) is -2.02. The van der Waals surface area contributed by atoms with Crippen molar-refractivity contribution in [2.75, 3.05) is 13.1 Å². The minimum atomic E-state index is -0.976. The van der Waals surface area contributed by atoms with Gasteiger partial charge in [0.05, 0.1) is 6.04 Å². The van der Waals surface area contributed by atoms with Gasteiger partial charge in [-0.1, -0.05) is 46.1 Å². The molecule has 10 nitrogen and oxygen atoms in total. The lowest BCUT2D eigenvalue weighted by Crippen LogP contribution is -2.60. The van der Waals surface area contributed by atoms with Crippen LogP contribution < -0.4 is 21.3 Å². The van der Waals surface area contributed by atoms with E-state index in [1.165, 1.54) is 6.08 Å². The molecule has 1 heterocycles. The molecule has 0 spiro atoms. The van der Waals surface area contributed by atoms with Crippen molar-refractivity contribution >= 4 is 29.5 Å². The molecule has 3 aliphatic rings. The summed E-state index contributed by atoms with van der Waals surface area (Å²) in [5.41, 5.74) is -0.115. The Morgan fingerprint density at radius 3 is 2.29 bits per heavy atom. The number of nitrogens with zero attached hydrogens (tertiary/aromatic N) is 1. The first-order valence-corrected chi connectivity index (χ1v) is 14.0. The first-order chi connectivity index (χ1) is 17.9. The Hall–Kier alpha value is -2.91. The highest BCUT2D eigenvalue weighted by Crippen LogP contribution is 2.65.